The molecule has 19 heavy (non-hydrogen) atoms. The number of nitriles is 1. The second-order valence-corrected chi connectivity index (χ2v) is 5.07. The summed E-state index contributed by atoms with van der Waals surface area (Å²) in [6.45, 7) is 0. The van der Waals surface area contributed by atoms with E-state index >= 15 is 0 Å². The number of amides is 1. The summed E-state index contributed by atoms with van der Waals surface area (Å²) in [7, 11) is 0. The van der Waals surface area contributed by atoms with Crippen LogP contribution in [-0.4, -0.2) is 5.91 Å². The Kier molecular flexibility index (Phi) is 4.16. The largest absolute Gasteiger partial charge is 0.325 e. The third kappa shape index (κ3) is 3.11. The van der Waals surface area contributed by atoms with Gasteiger partial charge >= 0.3 is 0 Å². The summed E-state index contributed by atoms with van der Waals surface area (Å²) in [5, 5.41) is 12.1. The molecule has 2 rings (SSSR count). The van der Waals surface area contributed by atoms with Gasteiger partial charge in [0.05, 0.1) is 6.07 Å². The predicted molar refractivity (Wildman–Crippen MR) is 70.8 cm³/mol. The van der Waals surface area contributed by atoms with Crippen molar-refractivity contribution in [3.05, 3.63) is 30.1 Å². The van der Waals surface area contributed by atoms with Crippen LogP contribution in [0.2, 0.25) is 0 Å². The minimum atomic E-state index is -0.926. The number of nitrogens with zero attached hydrogens (tertiary/aromatic N) is 1. The minimum Gasteiger partial charge on any atom is -0.325 e. The summed E-state index contributed by atoms with van der Waals surface area (Å²) in [6, 6.07) is 7.81. The fourth-order valence-electron chi connectivity index (χ4n) is 2.51. The van der Waals surface area contributed by atoms with Gasteiger partial charge in [-0.05, 0) is 37.1 Å². The standard InChI is InChI=1S/C15H17FN2O/c16-12-5-7-13(8-6-12)18-14(19)15(11-17)9-3-1-2-4-10-15/h5-8H,1-4,9-10H2,(H,18,19). The molecule has 0 aromatic heterocycles. The van der Waals surface area contributed by atoms with Gasteiger partial charge in [0.15, 0.2) is 0 Å². The van der Waals surface area contributed by atoms with E-state index in [2.05, 4.69) is 11.4 Å². The smallest absolute Gasteiger partial charge is 0.244 e. The second kappa shape index (κ2) is 5.83. The lowest BCUT2D eigenvalue weighted by molar-refractivity contribution is -0.123. The molecule has 1 aliphatic rings. The molecule has 0 radical (unpaired) electrons. The highest BCUT2D eigenvalue weighted by molar-refractivity contribution is 5.97. The molecule has 0 aliphatic heterocycles. The van der Waals surface area contributed by atoms with Crippen LogP contribution >= 0.6 is 0 Å². The number of anilines is 1. The lowest BCUT2D eigenvalue weighted by Gasteiger charge is -2.23. The first-order valence-corrected chi connectivity index (χ1v) is 6.65. The summed E-state index contributed by atoms with van der Waals surface area (Å²) in [5.41, 5.74) is -0.393. The van der Waals surface area contributed by atoms with Crippen LogP contribution in [0, 0.1) is 22.6 Å². The van der Waals surface area contributed by atoms with Gasteiger partial charge in [0.25, 0.3) is 0 Å². The molecule has 0 bridgehead atoms. The topological polar surface area (TPSA) is 52.9 Å². The normalized spacial score (nSPS) is 18.1. The fourth-order valence-corrected chi connectivity index (χ4v) is 2.51. The molecule has 4 heteroatoms. The molecule has 0 spiro atoms. The molecule has 0 saturated heterocycles. The van der Waals surface area contributed by atoms with Crippen molar-refractivity contribution in [2.75, 3.05) is 5.32 Å². The van der Waals surface area contributed by atoms with Crippen LogP contribution in [0.25, 0.3) is 0 Å². The first kappa shape index (κ1) is 13.5. The van der Waals surface area contributed by atoms with E-state index in [4.69, 9.17) is 0 Å². The van der Waals surface area contributed by atoms with Gasteiger partial charge in [-0.2, -0.15) is 5.26 Å². The first-order chi connectivity index (χ1) is 9.16. The molecule has 1 N–H and O–H groups in total. The van der Waals surface area contributed by atoms with E-state index in [1.165, 1.54) is 24.3 Å². The van der Waals surface area contributed by atoms with Crippen molar-refractivity contribution in [1.82, 2.24) is 0 Å². The zero-order chi connectivity index (χ0) is 13.7. The van der Waals surface area contributed by atoms with E-state index in [9.17, 15) is 14.4 Å². The van der Waals surface area contributed by atoms with Crippen molar-refractivity contribution in [1.29, 1.82) is 5.26 Å². The number of nitrogens with one attached hydrogen (secondary N) is 1. The van der Waals surface area contributed by atoms with E-state index < -0.39 is 5.41 Å². The Bertz CT molecular complexity index is 482. The Hall–Kier alpha value is -1.89. The Morgan fingerprint density at radius 3 is 2.26 bits per heavy atom. The number of halogens is 1. The minimum absolute atomic E-state index is 0.261. The summed E-state index contributed by atoms with van der Waals surface area (Å²) < 4.78 is 12.8. The number of carbonyl (C=O) groups excluding carboxylic acids is 1. The van der Waals surface area contributed by atoms with Crippen LogP contribution < -0.4 is 5.32 Å². The van der Waals surface area contributed by atoms with Gasteiger partial charge < -0.3 is 5.32 Å². The van der Waals surface area contributed by atoms with Crippen molar-refractivity contribution in [2.45, 2.75) is 38.5 Å². The lowest BCUT2D eigenvalue weighted by atomic mass is 9.81. The van der Waals surface area contributed by atoms with E-state index in [1.807, 2.05) is 0 Å². The van der Waals surface area contributed by atoms with Crippen molar-refractivity contribution >= 4 is 11.6 Å². The molecular weight excluding hydrogens is 243 g/mol. The van der Waals surface area contributed by atoms with E-state index in [1.54, 1.807) is 0 Å². The van der Waals surface area contributed by atoms with Crippen molar-refractivity contribution < 1.29 is 9.18 Å². The lowest BCUT2D eigenvalue weighted by Crippen LogP contribution is -2.34. The number of hydrogen-bond acceptors (Lipinski definition) is 2. The van der Waals surface area contributed by atoms with Crippen molar-refractivity contribution in [3.8, 4) is 6.07 Å². The van der Waals surface area contributed by atoms with Crippen LogP contribution in [0.15, 0.2) is 24.3 Å². The van der Waals surface area contributed by atoms with E-state index in [0.29, 0.717) is 18.5 Å². The van der Waals surface area contributed by atoms with Crippen LogP contribution in [0.4, 0.5) is 10.1 Å². The molecule has 0 heterocycles. The Balaban J connectivity index is 2.12. The third-order valence-corrected chi connectivity index (χ3v) is 3.71. The van der Waals surface area contributed by atoms with E-state index in [-0.39, 0.29) is 11.7 Å². The van der Waals surface area contributed by atoms with Crippen molar-refractivity contribution in [3.63, 3.8) is 0 Å². The van der Waals surface area contributed by atoms with E-state index in [0.717, 1.165) is 25.7 Å². The Labute approximate surface area is 112 Å². The maximum atomic E-state index is 12.8. The molecule has 1 aromatic rings. The number of benzene rings is 1. The average molecular weight is 260 g/mol. The maximum absolute atomic E-state index is 12.8. The molecule has 1 fully saturated rings. The van der Waals surface area contributed by atoms with Gasteiger partial charge in [-0.3, -0.25) is 4.79 Å². The maximum Gasteiger partial charge on any atom is 0.244 e. The molecule has 1 saturated carbocycles. The number of carbonyl (C=O) groups is 1. The third-order valence-electron chi connectivity index (χ3n) is 3.71. The van der Waals surface area contributed by atoms with Crippen molar-refractivity contribution in [2.24, 2.45) is 5.41 Å². The Morgan fingerprint density at radius 1 is 1.16 bits per heavy atom. The number of hydrogen-bond donors (Lipinski definition) is 1. The predicted octanol–water partition coefficient (Wildman–Crippen LogP) is 3.63. The molecule has 1 amide bonds. The summed E-state index contributed by atoms with van der Waals surface area (Å²) in [6.07, 6.45) is 5.18. The van der Waals surface area contributed by atoms with Crippen LogP contribution in [-0.2, 0) is 4.79 Å². The highest BCUT2D eigenvalue weighted by Gasteiger charge is 2.38. The summed E-state index contributed by atoms with van der Waals surface area (Å²) >= 11 is 0. The quantitative estimate of drug-likeness (QED) is 0.825. The van der Waals surface area contributed by atoms with Gasteiger partial charge in [-0.25, -0.2) is 4.39 Å². The molecule has 100 valence electrons. The second-order valence-electron chi connectivity index (χ2n) is 5.07. The SMILES string of the molecule is N#CC1(C(=O)Nc2ccc(F)cc2)CCCCCC1. The first-order valence-electron chi connectivity index (χ1n) is 6.65. The summed E-state index contributed by atoms with van der Waals surface area (Å²) in [5.74, 6) is -0.606. The summed E-state index contributed by atoms with van der Waals surface area (Å²) in [4.78, 5) is 12.3. The monoisotopic (exact) mass is 260 g/mol. The highest BCUT2D eigenvalue weighted by atomic mass is 19.1. The van der Waals surface area contributed by atoms with Gasteiger partial charge in [0, 0.05) is 5.69 Å². The van der Waals surface area contributed by atoms with Crippen LogP contribution in [0.3, 0.4) is 0 Å². The van der Waals surface area contributed by atoms with Crippen LogP contribution in [0.5, 0.6) is 0 Å². The van der Waals surface area contributed by atoms with Gasteiger partial charge in [-0.1, -0.05) is 25.7 Å². The van der Waals surface area contributed by atoms with Crippen LogP contribution in [0.1, 0.15) is 38.5 Å². The van der Waals surface area contributed by atoms with Gasteiger partial charge in [0.2, 0.25) is 5.91 Å². The fraction of sp³-hybridized carbons (Fsp3) is 0.467. The number of rotatable bonds is 2. The molecule has 0 atom stereocenters. The zero-order valence-electron chi connectivity index (χ0n) is 10.8. The van der Waals surface area contributed by atoms with Gasteiger partial charge in [0.1, 0.15) is 11.2 Å². The molecular formula is C15H17FN2O. The molecule has 0 unspecified atom stereocenters. The highest BCUT2D eigenvalue weighted by Crippen LogP contribution is 2.35. The molecule has 1 aliphatic carbocycles. The molecule has 1 aromatic carbocycles. The van der Waals surface area contributed by atoms with Gasteiger partial charge in [-0.15, -0.1) is 0 Å². The molecule has 3 nitrogen and oxygen atoms in total. The Morgan fingerprint density at radius 2 is 1.74 bits per heavy atom. The average Bonchev–Trinajstić information content (AvgIpc) is 2.67. The zero-order valence-corrected chi connectivity index (χ0v) is 10.8.